The Morgan fingerprint density at radius 1 is 0.975 bits per heavy atom. The highest BCUT2D eigenvalue weighted by atomic mass is 35.5. The first kappa shape index (κ1) is 30.8. The van der Waals surface area contributed by atoms with E-state index in [4.69, 9.17) is 16.3 Å². The predicted molar refractivity (Wildman–Crippen MR) is 158 cm³/mol. The second-order valence-corrected chi connectivity index (χ2v) is 13.7. The Morgan fingerprint density at radius 2 is 1.62 bits per heavy atom. The first-order chi connectivity index (χ1) is 18.9. The normalized spacial score (nSPS) is 21.6. The lowest BCUT2D eigenvalue weighted by Crippen LogP contribution is -2.54. The molecule has 0 bridgehead atoms. The van der Waals surface area contributed by atoms with Crippen molar-refractivity contribution in [3.8, 4) is 0 Å². The van der Waals surface area contributed by atoms with Crippen LogP contribution in [0.3, 0.4) is 0 Å². The standard InChI is InChI=1S/C32H48ClN3O4/c1-22-20-34(14-15-36(22)30(38)25-8-6-7-9-25)21-27-18-28(33)17-26(23(27)2)19-29(37)16-24-10-12-35(13-11-24)31(39)40-32(3,4)5/h17-18,22,24-25H,6-16,19-21H2,1-5H3/t22-/m0/s1. The fourth-order valence-corrected chi connectivity index (χ4v) is 6.81. The van der Waals surface area contributed by atoms with Gasteiger partial charge in [-0.3, -0.25) is 14.5 Å². The summed E-state index contributed by atoms with van der Waals surface area (Å²) in [5.74, 6) is 1.08. The molecule has 0 spiro atoms. The number of hydrogen-bond acceptors (Lipinski definition) is 5. The summed E-state index contributed by atoms with van der Waals surface area (Å²) in [6.45, 7) is 14.4. The smallest absolute Gasteiger partial charge is 0.410 e. The number of halogens is 1. The molecule has 3 aliphatic rings. The van der Waals surface area contributed by atoms with Crippen molar-refractivity contribution in [2.75, 3.05) is 32.7 Å². The lowest BCUT2D eigenvalue weighted by molar-refractivity contribution is -0.140. The van der Waals surface area contributed by atoms with Gasteiger partial charge in [0.2, 0.25) is 5.91 Å². The molecule has 40 heavy (non-hydrogen) atoms. The minimum absolute atomic E-state index is 0.198. The monoisotopic (exact) mass is 573 g/mol. The average Bonchev–Trinajstić information content (AvgIpc) is 3.41. The maximum atomic E-state index is 13.1. The number of carbonyl (C=O) groups excluding carboxylic acids is 3. The van der Waals surface area contributed by atoms with Gasteiger partial charge in [0.15, 0.2) is 0 Å². The summed E-state index contributed by atoms with van der Waals surface area (Å²) in [6, 6.07) is 4.16. The van der Waals surface area contributed by atoms with Gasteiger partial charge in [-0.15, -0.1) is 0 Å². The molecule has 2 heterocycles. The van der Waals surface area contributed by atoms with E-state index in [2.05, 4.69) is 23.6 Å². The summed E-state index contributed by atoms with van der Waals surface area (Å²) < 4.78 is 5.49. The fourth-order valence-electron chi connectivity index (χ4n) is 6.55. The van der Waals surface area contributed by atoms with Gasteiger partial charge in [0, 0.05) is 69.1 Å². The van der Waals surface area contributed by atoms with Gasteiger partial charge in [0.05, 0.1) is 0 Å². The highest BCUT2D eigenvalue weighted by molar-refractivity contribution is 6.30. The molecule has 0 N–H and O–H groups in total. The van der Waals surface area contributed by atoms with Crippen molar-refractivity contribution in [2.45, 2.75) is 104 Å². The molecule has 222 valence electrons. The van der Waals surface area contributed by atoms with Gasteiger partial charge >= 0.3 is 6.09 Å². The number of rotatable bonds is 7. The van der Waals surface area contributed by atoms with Crippen molar-refractivity contribution in [2.24, 2.45) is 11.8 Å². The molecule has 2 aliphatic heterocycles. The Balaban J connectivity index is 1.28. The van der Waals surface area contributed by atoms with Gasteiger partial charge in [0.1, 0.15) is 11.4 Å². The number of piperazine rings is 1. The molecule has 4 rings (SSSR count). The zero-order valence-electron chi connectivity index (χ0n) is 25.1. The van der Waals surface area contributed by atoms with Gasteiger partial charge in [-0.1, -0.05) is 24.4 Å². The average molecular weight is 574 g/mol. The van der Waals surface area contributed by atoms with Crippen LogP contribution in [-0.2, 0) is 27.3 Å². The fraction of sp³-hybridized carbons (Fsp3) is 0.719. The van der Waals surface area contributed by atoms with Crippen molar-refractivity contribution >= 4 is 29.4 Å². The number of amides is 2. The number of ether oxygens (including phenoxy) is 1. The molecule has 1 aliphatic carbocycles. The molecule has 1 aromatic rings. The van der Waals surface area contributed by atoms with Gasteiger partial charge in [0.25, 0.3) is 0 Å². The molecular formula is C32H48ClN3O4. The molecule has 2 saturated heterocycles. The summed E-state index contributed by atoms with van der Waals surface area (Å²) in [6.07, 6.45) is 6.71. The van der Waals surface area contributed by atoms with E-state index in [0.29, 0.717) is 36.9 Å². The quantitative estimate of drug-likeness (QED) is 0.399. The molecule has 0 radical (unpaired) electrons. The first-order valence-corrected chi connectivity index (χ1v) is 15.6. The molecule has 1 aromatic carbocycles. The number of benzene rings is 1. The Bertz CT molecular complexity index is 1070. The molecule has 8 heteroatoms. The molecule has 2 amide bonds. The third-order valence-electron chi connectivity index (χ3n) is 8.85. The summed E-state index contributed by atoms with van der Waals surface area (Å²) in [7, 11) is 0. The molecule has 3 fully saturated rings. The Hall–Kier alpha value is -2.12. The van der Waals surface area contributed by atoms with Crippen molar-refractivity contribution in [3.63, 3.8) is 0 Å². The van der Waals surface area contributed by atoms with Crippen LogP contribution in [-0.4, -0.2) is 76.9 Å². The van der Waals surface area contributed by atoms with Crippen molar-refractivity contribution in [1.82, 2.24) is 14.7 Å². The Morgan fingerprint density at radius 3 is 2.25 bits per heavy atom. The molecule has 1 saturated carbocycles. The summed E-state index contributed by atoms with van der Waals surface area (Å²) in [4.78, 5) is 44.7. The van der Waals surface area contributed by atoms with Gasteiger partial charge in [-0.2, -0.15) is 0 Å². The SMILES string of the molecule is Cc1c(CC(=O)CC2CCN(C(=O)OC(C)(C)C)CC2)cc(Cl)cc1CN1CCN(C(=O)C2CCCC2)[C@@H](C)C1. The maximum Gasteiger partial charge on any atom is 0.410 e. The molecular weight excluding hydrogens is 526 g/mol. The van der Waals surface area contributed by atoms with Crippen LogP contribution in [0.15, 0.2) is 12.1 Å². The topological polar surface area (TPSA) is 70.2 Å². The third kappa shape index (κ3) is 8.22. The highest BCUT2D eigenvalue weighted by Crippen LogP contribution is 2.29. The van der Waals surface area contributed by atoms with E-state index in [1.807, 2.05) is 32.9 Å². The van der Waals surface area contributed by atoms with E-state index in [1.165, 1.54) is 12.8 Å². The number of Topliss-reactive ketones (excluding diaryl/α,β-unsaturated/α-hetero) is 1. The van der Waals surface area contributed by atoms with Crippen molar-refractivity contribution in [1.29, 1.82) is 0 Å². The molecule has 7 nitrogen and oxygen atoms in total. The van der Waals surface area contributed by atoms with Crippen LogP contribution >= 0.6 is 11.6 Å². The van der Waals surface area contributed by atoms with E-state index in [9.17, 15) is 14.4 Å². The minimum atomic E-state index is -0.502. The summed E-state index contributed by atoms with van der Waals surface area (Å²) >= 11 is 6.54. The van der Waals surface area contributed by atoms with Crippen LogP contribution in [0.2, 0.25) is 5.02 Å². The van der Waals surface area contributed by atoms with Crippen LogP contribution in [0.1, 0.15) is 89.3 Å². The number of carbonyl (C=O) groups is 3. The van der Waals surface area contributed by atoms with Gasteiger partial charge in [-0.05, 0) is 95.0 Å². The van der Waals surface area contributed by atoms with E-state index < -0.39 is 5.60 Å². The number of ketones is 1. The van der Waals surface area contributed by atoms with Crippen molar-refractivity contribution in [3.05, 3.63) is 33.8 Å². The second kappa shape index (κ2) is 13.2. The predicted octanol–water partition coefficient (Wildman–Crippen LogP) is 6.02. The van der Waals surface area contributed by atoms with E-state index >= 15 is 0 Å². The zero-order valence-corrected chi connectivity index (χ0v) is 25.9. The number of hydrogen-bond donors (Lipinski definition) is 0. The minimum Gasteiger partial charge on any atom is -0.444 e. The zero-order chi connectivity index (χ0) is 29.0. The van der Waals surface area contributed by atoms with Crippen molar-refractivity contribution < 1.29 is 19.1 Å². The number of nitrogens with zero attached hydrogens (tertiary/aromatic N) is 3. The van der Waals surface area contributed by atoms with Crippen LogP contribution in [0.4, 0.5) is 4.79 Å². The van der Waals surface area contributed by atoms with Gasteiger partial charge < -0.3 is 14.5 Å². The van der Waals surface area contributed by atoms with Gasteiger partial charge in [-0.25, -0.2) is 4.79 Å². The van der Waals surface area contributed by atoms with Crippen LogP contribution in [0.25, 0.3) is 0 Å². The third-order valence-corrected chi connectivity index (χ3v) is 9.07. The van der Waals surface area contributed by atoms with Crippen LogP contribution < -0.4 is 0 Å². The largest absolute Gasteiger partial charge is 0.444 e. The van der Waals surface area contributed by atoms with Crippen LogP contribution in [0, 0.1) is 18.8 Å². The molecule has 1 atom stereocenters. The van der Waals surface area contributed by atoms with Crippen LogP contribution in [0.5, 0.6) is 0 Å². The number of likely N-dealkylation sites (tertiary alicyclic amines) is 1. The van der Waals surface area contributed by atoms with E-state index in [0.717, 1.165) is 68.6 Å². The van der Waals surface area contributed by atoms with E-state index in [1.54, 1.807) is 4.90 Å². The summed E-state index contributed by atoms with van der Waals surface area (Å²) in [5, 5.41) is 0.664. The second-order valence-electron chi connectivity index (χ2n) is 13.3. The van der Waals surface area contributed by atoms with E-state index in [-0.39, 0.29) is 29.8 Å². The highest BCUT2D eigenvalue weighted by Gasteiger charge is 2.33. The lowest BCUT2D eigenvalue weighted by atomic mass is 9.89. The summed E-state index contributed by atoms with van der Waals surface area (Å²) in [5.41, 5.74) is 2.79. The maximum absolute atomic E-state index is 13.1. The molecule has 0 aromatic heterocycles. The Kier molecular flexibility index (Phi) is 10.2. The molecule has 0 unspecified atom stereocenters. The Labute approximate surface area is 245 Å². The lowest BCUT2D eigenvalue weighted by Gasteiger charge is -2.41. The number of piperidine rings is 1. The first-order valence-electron chi connectivity index (χ1n) is 15.2.